The minimum absolute atomic E-state index is 0.0290. The number of hydrogen-bond acceptors (Lipinski definition) is 3. The molecule has 33 heavy (non-hydrogen) atoms. The van der Waals surface area contributed by atoms with Gasteiger partial charge in [-0.2, -0.15) is 13.2 Å². The predicted molar refractivity (Wildman–Crippen MR) is 119 cm³/mol. The third kappa shape index (κ3) is 5.65. The second-order valence-corrected chi connectivity index (χ2v) is 8.66. The number of halogens is 3. The van der Waals surface area contributed by atoms with Crippen molar-refractivity contribution in [2.75, 3.05) is 44.6 Å². The number of carbonyl (C=O) groups excluding carboxylic acids is 2. The van der Waals surface area contributed by atoms with Crippen LogP contribution in [-0.2, 0) is 16.4 Å². The number of piperazine rings is 1. The number of rotatable bonds is 6. The van der Waals surface area contributed by atoms with Gasteiger partial charge in [-0.25, -0.2) is 4.79 Å². The normalized spacial score (nSPS) is 18.0. The number of hydrogen-bond donors (Lipinski definition) is 2. The molecule has 176 valence electrons. The monoisotopic (exact) mass is 460 g/mol. The van der Waals surface area contributed by atoms with Gasteiger partial charge in [0.15, 0.2) is 0 Å². The summed E-state index contributed by atoms with van der Waals surface area (Å²) in [4.78, 5) is 28.5. The summed E-state index contributed by atoms with van der Waals surface area (Å²) in [5, 5.41) is 5.41. The summed E-state index contributed by atoms with van der Waals surface area (Å²) in [5.74, 6) is -0.511. The summed E-state index contributed by atoms with van der Waals surface area (Å²) >= 11 is 0. The van der Waals surface area contributed by atoms with Gasteiger partial charge in [-0.1, -0.05) is 42.5 Å². The second kappa shape index (κ2) is 9.43. The molecule has 2 N–H and O–H groups in total. The van der Waals surface area contributed by atoms with Crippen LogP contribution >= 0.6 is 0 Å². The van der Waals surface area contributed by atoms with Crippen LogP contribution in [0.25, 0.3) is 0 Å². The van der Waals surface area contributed by atoms with Gasteiger partial charge < -0.3 is 15.5 Å². The summed E-state index contributed by atoms with van der Waals surface area (Å²) in [7, 11) is 0. The number of nitrogens with zero attached hydrogens (tertiary/aromatic N) is 2. The third-order valence-electron chi connectivity index (χ3n) is 6.35. The molecule has 1 saturated heterocycles. The molecular formula is C24H27F3N4O2. The molecule has 1 aliphatic carbocycles. The molecule has 1 aliphatic heterocycles. The maximum Gasteiger partial charge on any atom is 0.418 e. The van der Waals surface area contributed by atoms with Crippen molar-refractivity contribution in [2.45, 2.75) is 24.4 Å². The Bertz CT molecular complexity index is 985. The summed E-state index contributed by atoms with van der Waals surface area (Å²) in [6.45, 7) is 2.43. The standard InChI is InChI=1S/C24H27F3N4O2/c25-24(26,27)19-8-4-5-9-20(19)29-21(32)16-30-12-14-31(15-13-30)22(33)28-17-23(10-11-23)18-6-2-1-3-7-18/h1-9H,10-17H2,(H,28,33)(H,29,32). The molecule has 0 aromatic heterocycles. The average Bonchev–Trinajstić information content (AvgIpc) is 3.59. The molecule has 2 aliphatic rings. The van der Waals surface area contributed by atoms with Crippen molar-refractivity contribution < 1.29 is 22.8 Å². The minimum Gasteiger partial charge on any atom is -0.337 e. The van der Waals surface area contributed by atoms with Gasteiger partial charge in [0.05, 0.1) is 17.8 Å². The van der Waals surface area contributed by atoms with Gasteiger partial charge in [-0.15, -0.1) is 0 Å². The number of alkyl halides is 3. The number of anilines is 1. The first-order valence-corrected chi connectivity index (χ1v) is 11.0. The van der Waals surface area contributed by atoms with Crippen molar-refractivity contribution in [1.82, 2.24) is 15.1 Å². The van der Waals surface area contributed by atoms with Crippen LogP contribution in [0.4, 0.5) is 23.7 Å². The number of para-hydroxylation sites is 1. The number of amides is 3. The number of urea groups is 1. The summed E-state index contributed by atoms with van der Waals surface area (Å²) in [5.41, 5.74) is 0.154. The average molecular weight is 461 g/mol. The van der Waals surface area contributed by atoms with Crippen LogP contribution in [0.3, 0.4) is 0 Å². The molecule has 2 aromatic rings. The lowest BCUT2D eigenvalue weighted by atomic mass is 9.96. The van der Waals surface area contributed by atoms with Crippen LogP contribution in [0.5, 0.6) is 0 Å². The fraction of sp³-hybridized carbons (Fsp3) is 0.417. The molecule has 4 rings (SSSR count). The molecule has 1 heterocycles. The zero-order valence-corrected chi connectivity index (χ0v) is 18.2. The van der Waals surface area contributed by atoms with Crippen LogP contribution in [0.1, 0.15) is 24.0 Å². The highest BCUT2D eigenvalue weighted by Gasteiger charge is 2.44. The van der Waals surface area contributed by atoms with E-state index < -0.39 is 17.6 Å². The first-order chi connectivity index (χ1) is 15.8. The van der Waals surface area contributed by atoms with E-state index in [9.17, 15) is 22.8 Å². The molecule has 3 amide bonds. The maximum atomic E-state index is 13.1. The Morgan fingerprint density at radius 3 is 2.18 bits per heavy atom. The Morgan fingerprint density at radius 1 is 0.909 bits per heavy atom. The Hall–Kier alpha value is -3.07. The molecule has 0 unspecified atom stereocenters. The van der Waals surface area contributed by atoms with Gasteiger partial charge in [0.2, 0.25) is 5.91 Å². The van der Waals surface area contributed by atoms with E-state index in [2.05, 4.69) is 22.8 Å². The lowest BCUT2D eigenvalue weighted by Crippen LogP contribution is -2.53. The largest absolute Gasteiger partial charge is 0.418 e. The molecule has 2 fully saturated rings. The molecule has 0 radical (unpaired) electrons. The first-order valence-electron chi connectivity index (χ1n) is 11.0. The Balaban J connectivity index is 1.22. The van der Waals surface area contributed by atoms with E-state index in [0.717, 1.165) is 18.9 Å². The number of nitrogens with one attached hydrogen (secondary N) is 2. The van der Waals surface area contributed by atoms with Crippen molar-refractivity contribution in [3.05, 3.63) is 65.7 Å². The Kier molecular flexibility index (Phi) is 6.60. The van der Waals surface area contributed by atoms with Gasteiger partial charge in [0.1, 0.15) is 0 Å². The van der Waals surface area contributed by atoms with Crippen LogP contribution in [0.2, 0.25) is 0 Å². The molecule has 9 heteroatoms. The fourth-order valence-corrected chi connectivity index (χ4v) is 4.21. The molecule has 0 spiro atoms. The van der Waals surface area contributed by atoms with Crippen LogP contribution in [0, 0.1) is 0 Å². The van der Waals surface area contributed by atoms with Crippen molar-refractivity contribution in [1.29, 1.82) is 0 Å². The lowest BCUT2D eigenvalue weighted by Gasteiger charge is -2.34. The second-order valence-electron chi connectivity index (χ2n) is 8.66. The smallest absolute Gasteiger partial charge is 0.337 e. The molecule has 1 saturated carbocycles. The highest BCUT2D eigenvalue weighted by Crippen LogP contribution is 2.47. The third-order valence-corrected chi connectivity index (χ3v) is 6.35. The Labute approximate surface area is 190 Å². The molecule has 0 atom stereocenters. The SMILES string of the molecule is O=C(CN1CCN(C(=O)NCC2(c3ccccc3)CC2)CC1)Nc1ccccc1C(F)(F)F. The van der Waals surface area contributed by atoms with Crippen LogP contribution < -0.4 is 10.6 Å². The van der Waals surface area contributed by atoms with Gasteiger partial charge in [0, 0.05) is 38.1 Å². The zero-order valence-electron chi connectivity index (χ0n) is 18.2. The van der Waals surface area contributed by atoms with E-state index in [1.807, 2.05) is 23.1 Å². The van der Waals surface area contributed by atoms with Crippen molar-refractivity contribution in [2.24, 2.45) is 0 Å². The summed E-state index contributed by atoms with van der Waals surface area (Å²) in [6.07, 6.45) is -2.43. The van der Waals surface area contributed by atoms with Crippen molar-refractivity contribution in [3.8, 4) is 0 Å². The number of carbonyl (C=O) groups is 2. The highest BCUT2D eigenvalue weighted by atomic mass is 19.4. The van der Waals surface area contributed by atoms with Gasteiger partial charge in [-0.05, 0) is 30.5 Å². The summed E-state index contributed by atoms with van der Waals surface area (Å²) < 4.78 is 39.3. The predicted octanol–water partition coefficient (Wildman–Crippen LogP) is 3.70. The fourth-order valence-electron chi connectivity index (χ4n) is 4.21. The van der Waals surface area contributed by atoms with E-state index in [4.69, 9.17) is 0 Å². The minimum atomic E-state index is -4.54. The molecule has 0 bridgehead atoms. The lowest BCUT2D eigenvalue weighted by molar-refractivity contribution is -0.137. The topological polar surface area (TPSA) is 64.7 Å². The first kappa shape index (κ1) is 23.1. The van der Waals surface area contributed by atoms with E-state index in [1.54, 1.807) is 4.90 Å². The van der Waals surface area contributed by atoms with Crippen LogP contribution in [0.15, 0.2) is 54.6 Å². The van der Waals surface area contributed by atoms with Crippen molar-refractivity contribution in [3.63, 3.8) is 0 Å². The molecule has 2 aromatic carbocycles. The van der Waals surface area contributed by atoms with E-state index >= 15 is 0 Å². The van der Waals surface area contributed by atoms with E-state index in [-0.39, 0.29) is 23.7 Å². The van der Waals surface area contributed by atoms with Crippen LogP contribution in [-0.4, -0.2) is 61.0 Å². The quantitative estimate of drug-likeness (QED) is 0.691. The highest BCUT2D eigenvalue weighted by molar-refractivity contribution is 5.93. The van der Waals surface area contributed by atoms with Gasteiger partial charge in [-0.3, -0.25) is 9.69 Å². The zero-order chi connectivity index (χ0) is 23.5. The number of benzene rings is 2. The summed E-state index contributed by atoms with van der Waals surface area (Å²) in [6, 6.07) is 15.0. The van der Waals surface area contributed by atoms with E-state index in [0.29, 0.717) is 32.7 Å². The molecule has 6 nitrogen and oxygen atoms in total. The van der Waals surface area contributed by atoms with Gasteiger partial charge in [0.25, 0.3) is 0 Å². The van der Waals surface area contributed by atoms with Gasteiger partial charge >= 0.3 is 12.2 Å². The Morgan fingerprint density at radius 2 is 1.55 bits per heavy atom. The van der Waals surface area contributed by atoms with Crippen molar-refractivity contribution >= 4 is 17.6 Å². The maximum absolute atomic E-state index is 13.1. The van der Waals surface area contributed by atoms with E-state index in [1.165, 1.54) is 23.8 Å². The molecular weight excluding hydrogens is 433 g/mol.